The second-order valence-corrected chi connectivity index (χ2v) is 11.3. The summed E-state index contributed by atoms with van der Waals surface area (Å²) >= 11 is 6.26. The number of ether oxygens (including phenoxy) is 2. The van der Waals surface area contributed by atoms with Gasteiger partial charge in [-0.15, -0.1) is 0 Å². The minimum atomic E-state index is -0.747. The molecule has 1 aliphatic rings. The summed E-state index contributed by atoms with van der Waals surface area (Å²) in [7, 11) is 0. The fraction of sp³-hybridized carbons (Fsp3) is 0.467. The standard InChI is InChI=1S/C30H38ClN3O5/c1-19(2)38-28(36)26-20(3)33-29(37)34(27(26)22-9-7-10-23(31)17-22)16-8-15-32-18-25(35)21-11-13-24(14-12-21)39-30(4,5)6/h7,9-14,17,19,26-27,32H,8,15-16,18H2,1-6H3. The number of nitrogens with zero attached hydrogens (tertiary/aromatic N) is 2. The number of esters is 1. The van der Waals surface area contributed by atoms with Crippen LogP contribution in [0.2, 0.25) is 5.02 Å². The molecule has 0 aromatic heterocycles. The van der Waals surface area contributed by atoms with Gasteiger partial charge in [-0.3, -0.25) is 9.59 Å². The van der Waals surface area contributed by atoms with Gasteiger partial charge in [0.15, 0.2) is 5.78 Å². The number of nitrogens with one attached hydrogen (secondary N) is 1. The molecule has 2 aromatic rings. The molecule has 1 aliphatic heterocycles. The van der Waals surface area contributed by atoms with Crippen molar-refractivity contribution in [2.45, 2.75) is 65.7 Å². The average molecular weight is 556 g/mol. The third-order valence-corrected chi connectivity index (χ3v) is 6.29. The second kappa shape index (κ2) is 13.2. The molecule has 0 saturated carbocycles. The minimum Gasteiger partial charge on any atom is -0.488 e. The van der Waals surface area contributed by atoms with Crippen LogP contribution >= 0.6 is 11.6 Å². The van der Waals surface area contributed by atoms with Gasteiger partial charge in [0.1, 0.15) is 17.3 Å². The summed E-state index contributed by atoms with van der Waals surface area (Å²) in [6.07, 6.45) is 0.245. The number of Topliss-reactive ketones (excluding diaryl/α,β-unsaturated/α-hetero) is 1. The molecule has 9 heteroatoms. The van der Waals surface area contributed by atoms with Crippen molar-refractivity contribution in [1.82, 2.24) is 10.2 Å². The molecule has 39 heavy (non-hydrogen) atoms. The Morgan fingerprint density at radius 1 is 1.13 bits per heavy atom. The van der Waals surface area contributed by atoms with Crippen molar-refractivity contribution in [3.8, 4) is 5.75 Å². The van der Waals surface area contributed by atoms with Crippen molar-refractivity contribution in [2.75, 3.05) is 19.6 Å². The fourth-order valence-corrected chi connectivity index (χ4v) is 4.65. The molecule has 0 fully saturated rings. The first-order valence-corrected chi connectivity index (χ1v) is 13.6. The highest BCUT2D eigenvalue weighted by atomic mass is 35.5. The lowest BCUT2D eigenvalue weighted by molar-refractivity contribution is -0.151. The van der Waals surface area contributed by atoms with Crippen LogP contribution in [0.25, 0.3) is 0 Å². The first kappa shape index (κ1) is 30.3. The summed E-state index contributed by atoms with van der Waals surface area (Å²) in [6, 6.07) is 13.2. The van der Waals surface area contributed by atoms with Crippen LogP contribution in [-0.4, -0.2) is 59.7 Å². The van der Waals surface area contributed by atoms with Crippen LogP contribution in [-0.2, 0) is 9.53 Å². The molecular formula is C30H38ClN3O5. The molecule has 0 radical (unpaired) electrons. The fourth-order valence-electron chi connectivity index (χ4n) is 4.46. The lowest BCUT2D eigenvalue weighted by atomic mass is 9.86. The number of rotatable bonds is 11. The summed E-state index contributed by atoms with van der Waals surface area (Å²) < 4.78 is 11.3. The van der Waals surface area contributed by atoms with E-state index in [1.165, 1.54) is 0 Å². The van der Waals surface area contributed by atoms with Crippen molar-refractivity contribution in [2.24, 2.45) is 10.9 Å². The first-order chi connectivity index (χ1) is 18.4. The van der Waals surface area contributed by atoms with Gasteiger partial charge in [-0.05, 0) is 96.5 Å². The van der Waals surface area contributed by atoms with E-state index in [9.17, 15) is 14.4 Å². The summed E-state index contributed by atoms with van der Waals surface area (Å²) in [6.45, 7) is 12.1. The van der Waals surface area contributed by atoms with Gasteiger partial charge in [-0.25, -0.2) is 9.79 Å². The monoisotopic (exact) mass is 555 g/mol. The highest BCUT2D eigenvalue weighted by Gasteiger charge is 2.43. The molecular weight excluding hydrogens is 518 g/mol. The lowest BCUT2D eigenvalue weighted by Gasteiger charge is -2.39. The number of halogens is 1. The molecule has 3 rings (SSSR count). The van der Waals surface area contributed by atoms with Crippen LogP contribution in [0.15, 0.2) is 53.5 Å². The Balaban J connectivity index is 1.64. The van der Waals surface area contributed by atoms with E-state index in [2.05, 4.69) is 10.3 Å². The quantitative estimate of drug-likeness (QED) is 0.211. The number of amides is 2. The Kier molecular flexibility index (Phi) is 10.3. The van der Waals surface area contributed by atoms with Crippen LogP contribution in [0, 0.1) is 5.92 Å². The molecule has 210 valence electrons. The van der Waals surface area contributed by atoms with E-state index in [1.54, 1.807) is 68.1 Å². The van der Waals surface area contributed by atoms with E-state index in [-0.39, 0.29) is 24.0 Å². The Hall–Kier alpha value is -3.23. The number of aliphatic imine (C=N–C) groups is 1. The topological polar surface area (TPSA) is 97.3 Å². The molecule has 2 unspecified atom stereocenters. The van der Waals surface area contributed by atoms with Crippen molar-refractivity contribution in [3.05, 3.63) is 64.7 Å². The Bertz CT molecular complexity index is 1200. The van der Waals surface area contributed by atoms with Crippen LogP contribution in [0.5, 0.6) is 5.75 Å². The predicted octanol–water partition coefficient (Wildman–Crippen LogP) is 5.89. The summed E-state index contributed by atoms with van der Waals surface area (Å²) in [5.41, 5.74) is 1.42. The Morgan fingerprint density at radius 3 is 2.44 bits per heavy atom. The Morgan fingerprint density at radius 2 is 1.82 bits per heavy atom. The molecule has 0 bridgehead atoms. The number of urea groups is 1. The van der Waals surface area contributed by atoms with Gasteiger partial charge in [0.05, 0.1) is 18.7 Å². The molecule has 0 saturated heterocycles. The number of ketones is 1. The van der Waals surface area contributed by atoms with Crippen molar-refractivity contribution in [3.63, 3.8) is 0 Å². The molecule has 2 amide bonds. The maximum Gasteiger partial charge on any atom is 0.344 e. The van der Waals surface area contributed by atoms with E-state index in [0.717, 1.165) is 5.56 Å². The van der Waals surface area contributed by atoms with Gasteiger partial charge in [0, 0.05) is 22.8 Å². The van der Waals surface area contributed by atoms with E-state index in [0.29, 0.717) is 41.6 Å². The van der Waals surface area contributed by atoms with Crippen molar-refractivity contribution >= 4 is 35.1 Å². The minimum absolute atomic E-state index is 0.0418. The largest absolute Gasteiger partial charge is 0.488 e. The zero-order valence-corrected chi connectivity index (χ0v) is 24.2. The van der Waals surface area contributed by atoms with Gasteiger partial charge in [0.2, 0.25) is 0 Å². The van der Waals surface area contributed by atoms with Gasteiger partial charge < -0.3 is 19.7 Å². The Labute approximate surface area is 235 Å². The van der Waals surface area contributed by atoms with Crippen molar-refractivity contribution in [1.29, 1.82) is 0 Å². The van der Waals surface area contributed by atoms with E-state index >= 15 is 0 Å². The SMILES string of the molecule is CC1=NC(=O)N(CCCNCC(=O)c2ccc(OC(C)(C)C)cc2)C(c2cccc(Cl)c2)C1C(=O)OC(C)C. The van der Waals surface area contributed by atoms with E-state index in [4.69, 9.17) is 21.1 Å². The zero-order chi connectivity index (χ0) is 28.7. The highest BCUT2D eigenvalue weighted by molar-refractivity contribution is 6.30. The van der Waals surface area contributed by atoms with Crippen LogP contribution in [0.4, 0.5) is 4.79 Å². The molecule has 0 aliphatic carbocycles. The number of benzene rings is 2. The third kappa shape index (κ3) is 8.63. The van der Waals surface area contributed by atoms with Gasteiger partial charge in [-0.1, -0.05) is 23.7 Å². The van der Waals surface area contributed by atoms with E-state index < -0.39 is 24.0 Å². The molecule has 1 N–H and O–H groups in total. The first-order valence-electron chi connectivity index (χ1n) is 13.2. The van der Waals surface area contributed by atoms with Crippen LogP contribution in [0.3, 0.4) is 0 Å². The average Bonchev–Trinajstić information content (AvgIpc) is 2.83. The number of hydrogen-bond acceptors (Lipinski definition) is 6. The van der Waals surface area contributed by atoms with E-state index in [1.807, 2.05) is 26.8 Å². The highest BCUT2D eigenvalue weighted by Crippen LogP contribution is 2.36. The number of carbonyl (C=O) groups excluding carboxylic acids is 3. The van der Waals surface area contributed by atoms with Crippen molar-refractivity contribution < 1.29 is 23.9 Å². The molecule has 2 aromatic carbocycles. The summed E-state index contributed by atoms with van der Waals surface area (Å²) in [4.78, 5) is 44.4. The normalized spacial score (nSPS) is 17.7. The van der Waals surface area contributed by atoms with Gasteiger partial charge in [-0.2, -0.15) is 0 Å². The lowest BCUT2D eigenvalue weighted by Crippen LogP contribution is -2.48. The third-order valence-electron chi connectivity index (χ3n) is 6.05. The number of hydrogen-bond donors (Lipinski definition) is 1. The second-order valence-electron chi connectivity index (χ2n) is 10.9. The van der Waals surface area contributed by atoms with Gasteiger partial charge >= 0.3 is 12.0 Å². The summed E-state index contributed by atoms with van der Waals surface area (Å²) in [5.74, 6) is -0.513. The molecule has 0 spiro atoms. The molecule has 1 heterocycles. The maximum atomic E-state index is 13.1. The van der Waals surface area contributed by atoms with Crippen LogP contribution in [0.1, 0.15) is 69.9 Å². The zero-order valence-electron chi connectivity index (χ0n) is 23.5. The molecule has 2 atom stereocenters. The van der Waals surface area contributed by atoms with Crippen LogP contribution < -0.4 is 10.1 Å². The predicted molar refractivity (Wildman–Crippen MR) is 153 cm³/mol. The number of carbonyl (C=O) groups is 3. The smallest absolute Gasteiger partial charge is 0.344 e. The molecule has 8 nitrogen and oxygen atoms in total. The summed E-state index contributed by atoms with van der Waals surface area (Å²) in [5, 5.41) is 3.66. The van der Waals surface area contributed by atoms with Gasteiger partial charge in [0.25, 0.3) is 0 Å². The maximum absolute atomic E-state index is 13.1.